The molecule has 0 aliphatic carbocycles. The van der Waals surface area contributed by atoms with E-state index in [1.165, 1.54) is 0 Å². The second-order valence-corrected chi connectivity index (χ2v) is 8.41. The second kappa shape index (κ2) is 11.5. The predicted molar refractivity (Wildman–Crippen MR) is 135 cm³/mol. The molecule has 198 valence electrons. The van der Waals surface area contributed by atoms with E-state index in [1.807, 2.05) is 83.2 Å². The molecule has 4 aromatic rings. The van der Waals surface area contributed by atoms with Gasteiger partial charge in [-0.15, -0.1) is 0 Å². The number of carboxylic acids is 1. The van der Waals surface area contributed by atoms with E-state index < -0.39 is 12.1 Å². The number of alkyl halides is 3. The molecule has 0 atom stereocenters. The highest BCUT2D eigenvalue weighted by Crippen LogP contribution is 2.24. The number of carboxylic acid groups (broad SMARTS) is 1. The number of nitrogen functional groups attached to an aromatic ring is 2. The number of nitrogens with zero attached hydrogens (tertiary/aromatic N) is 2. The number of rotatable bonds is 6. The average Bonchev–Trinajstić information content (AvgIpc) is 3.20. The Morgan fingerprint density at radius 1 is 1.05 bits per heavy atom. The number of halogens is 3. The number of fused-ring (bicyclic) bond motifs is 1. The van der Waals surface area contributed by atoms with E-state index in [-0.39, 0.29) is 11.7 Å². The summed E-state index contributed by atoms with van der Waals surface area (Å²) in [5.41, 5.74) is 16.3. The number of nitrogens with one attached hydrogen (secondary N) is 2. The van der Waals surface area contributed by atoms with Crippen molar-refractivity contribution >= 4 is 34.3 Å². The lowest BCUT2D eigenvalue weighted by atomic mass is 10.1. The number of anilines is 1. The predicted octanol–water partition coefficient (Wildman–Crippen LogP) is 2.94. The van der Waals surface area contributed by atoms with E-state index in [4.69, 9.17) is 26.8 Å². The van der Waals surface area contributed by atoms with E-state index in [0.29, 0.717) is 30.0 Å². The number of carbonyl (C=O) groups excluding carboxylic acids is 1. The van der Waals surface area contributed by atoms with Gasteiger partial charge in [0.1, 0.15) is 18.6 Å². The number of hydrogen-bond donors (Lipinski definition) is 5. The third-order valence-corrected chi connectivity index (χ3v) is 5.48. The monoisotopic (exact) mass is 527 g/mol. The van der Waals surface area contributed by atoms with Gasteiger partial charge in [-0.05, 0) is 41.5 Å². The summed E-state index contributed by atoms with van der Waals surface area (Å²) in [5.74, 6) is -2.90. The van der Waals surface area contributed by atoms with Gasteiger partial charge in [-0.2, -0.15) is 13.2 Å². The number of hydrogen-bond acceptors (Lipinski definition) is 4. The molecule has 38 heavy (non-hydrogen) atoms. The summed E-state index contributed by atoms with van der Waals surface area (Å²) >= 11 is 0. The van der Waals surface area contributed by atoms with Gasteiger partial charge in [-0.25, -0.2) is 9.36 Å². The molecule has 0 unspecified atom stereocenters. The molecule has 0 aliphatic rings. The number of pyridine rings is 1. The Morgan fingerprint density at radius 2 is 1.71 bits per heavy atom. The molecule has 2 heterocycles. The van der Waals surface area contributed by atoms with Gasteiger partial charge in [0, 0.05) is 47.4 Å². The summed E-state index contributed by atoms with van der Waals surface area (Å²) in [4.78, 5) is 22.0. The fourth-order valence-corrected chi connectivity index (χ4v) is 3.59. The highest BCUT2D eigenvalue weighted by Gasteiger charge is 2.38. The van der Waals surface area contributed by atoms with E-state index in [1.54, 1.807) is 6.07 Å². The minimum Gasteiger partial charge on any atom is -0.475 e. The number of aromatic nitrogens is 2. The molecule has 9 nitrogen and oxygen atoms in total. The van der Waals surface area contributed by atoms with Gasteiger partial charge in [0.05, 0.1) is 0 Å². The minimum atomic E-state index is -5.08. The summed E-state index contributed by atoms with van der Waals surface area (Å²) in [5, 5.41) is 18.7. The highest BCUT2D eigenvalue weighted by atomic mass is 19.4. The minimum absolute atomic E-state index is 0.0150. The number of aryl methyl sites for hydroxylation is 1. The lowest BCUT2D eigenvalue weighted by Crippen LogP contribution is -2.28. The van der Waals surface area contributed by atoms with Gasteiger partial charge in [-0.3, -0.25) is 10.2 Å². The molecule has 0 fully saturated rings. The summed E-state index contributed by atoms with van der Waals surface area (Å²) < 4.78 is 35.6. The van der Waals surface area contributed by atoms with Crippen LogP contribution < -0.4 is 21.4 Å². The van der Waals surface area contributed by atoms with Crippen molar-refractivity contribution < 1.29 is 32.4 Å². The van der Waals surface area contributed by atoms with Crippen LogP contribution >= 0.6 is 0 Å². The number of amides is 1. The van der Waals surface area contributed by atoms with Gasteiger partial charge in [0.15, 0.2) is 12.4 Å². The zero-order chi connectivity index (χ0) is 28.0. The average molecular weight is 528 g/mol. The van der Waals surface area contributed by atoms with Crippen molar-refractivity contribution in [3.05, 3.63) is 95.4 Å². The zero-order valence-corrected chi connectivity index (χ0v) is 20.3. The SMILES string of the molecule is C[n+]1ccc(CNC(=O)c2cc3cc(N)ccc3n2Cc2cccc(C(=N)N)c2)cc1.O=C(O)C(F)(F)F. The third kappa shape index (κ3) is 7.09. The molecule has 2 aromatic heterocycles. The number of aliphatic carboxylic acids is 1. The first-order valence-corrected chi connectivity index (χ1v) is 11.2. The van der Waals surface area contributed by atoms with E-state index in [0.717, 1.165) is 22.0 Å². The Balaban J connectivity index is 0.000000505. The van der Waals surface area contributed by atoms with Gasteiger partial charge >= 0.3 is 12.1 Å². The molecule has 7 N–H and O–H groups in total. The molecule has 12 heteroatoms. The molecule has 0 radical (unpaired) electrons. The van der Waals surface area contributed by atoms with Crippen molar-refractivity contribution in [1.82, 2.24) is 9.88 Å². The quantitative estimate of drug-likeness (QED) is 0.113. The molecule has 0 bridgehead atoms. The molecule has 2 aromatic carbocycles. The van der Waals surface area contributed by atoms with Gasteiger partial charge < -0.3 is 26.5 Å². The number of carbonyl (C=O) groups is 2. The lowest BCUT2D eigenvalue weighted by molar-refractivity contribution is -0.671. The summed E-state index contributed by atoms with van der Waals surface area (Å²) in [6, 6.07) is 18.9. The number of amidine groups is 1. The van der Waals surface area contributed by atoms with Crippen LogP contribution in [0.5, 0.6) is 0 Å². The number of benzene rings is 2. The molecule has 0 saturated carbocycles. The van der Waals surface area contributed by atoms with Crippen molar-refractivity contribution in [3.8, 4) is 0 Å². The first-order valence-electron chi connectivity index (χ1n) is 11.2. The molecular weight excluding hydrogens is 501 g/mol. The van der Waals surface area contributed by atoms with Crippen LogP contribution in [0.15, 0.2) is 73.1 Å². The van der Waals surface area contributed by atoms with Crippen LogP contribution in [-0.2, 0) is 24.9 Å². The summed E-state index contributed by atoms with van der Waals surface area (Å²) in [7, 11) is 1.95. The Morgan fingerprint density at radius 3 is 2.32 bits per heavy atom. The van der Waals surface area contributed by atoms with Crippen LogP contribution in [0.2, 0.25) is 0 Å². The van der Waals surface area contributed by atoms with Crippen molar-refractivity contribution in [2.24, 2.45) is 12.8 Å². The van der Waals surface area contributed by atoms with Crippen LogP contribution in [0.3, 0.4) is 0 Å². The van der Waals surface area contributed by atoms with Crippen LogP contribution in [-0.4, -0.2) is 33.6 Å². The Bertz CT molecular complexity index is 1480. The maximum absolute atomic E-state index is 13.1. The van der Waals surface area contributed by atoms with Crippen LogP contribution in [0.25, 0.3) is 10.9 Å². The standard InChI is InChI=1S/C24H24N6O.C2HF3O2/c1-29-9-7-16(8-10-29)14-28-24(31)22-13-19-12-20(25)5-6-21(19)30(22)15-17-3-2-4-18(11-17)23(26)27;3-2(4,5)1(6)7/h2-13H,14-15,25H2,1H3,(H3-,26,27,28,31);(H,6,7)/p+1. The smallest absolute Gasteiger partial charge is 0.475 e. The Kier molecular flexibility index (Phi) is 8.36. The first kappa shape index (κ1) is 27.7. The van der Waals surface area contributed by atoms with E-state index in [2.05, 4.69) is 5.32 Å². The normalized spacial score (nSPS) is 10.9. The van der Waals surface area contributed by atoms with Crippen molar-refractivity contribution in [2.45, 2.75) is 19.3 Å². The number of nitrogens with two attached hydrogens (primary N) is 2. The van der Waals surface area contributed by atoms with Crippen molar-refractivity contribution in [2.75, 3.05) is 5.73 Å². The fraction of sp³-hybridized carbons (Fsp3) is 0.154. The van der Waals surface area contributed by atoms with Crippen molar-refractivity contribution in [3.63, 3.8) is 0 Å². The highest BCUT2D eigenvalue weighted by molar-refractivity contribution is 5.99. The lowest BCUT2D eigenvalue weighted by Gasteiger charge is -2.12. The van der Waals surface area contributed by atoms with Crippen LogP contribution in [0, 0.1) is 5.41 Å². The molecule has 1 amide bonds. The van der Waals surface area contributed by atoms with E-state index in [9.17, 15) is 18.0 Å². The third-order valence-electron chi connectivity index (χ3n) is 5.48. The van der Waals surface area contributed by atoms with Crippen LogP contribution in [0.1, 0.15) is 27.2 Å². The largest absolute Gasteiger partial charge is 0.490 e. The van der Waals surface area contributed by atoms with Crippen LogP contribution in [0.4, 0.5) is 18.9 Å². The molecule has 0 aliphatic heterocycles. The molecule has 0 saturated heterocycles. The fourth-order valence-electron chi connectivity index (χ4n) is 3.59. The summed E-state index contributed by atoms with van der Waals surface area (Å²) in [6.07, 6.45) is -1.19. The van der Waals surface area contributed by atoms with Gasteiger partial charge in [0.2, 0.25) is 0 Å². The zero-order valence-electron chi connectivity index (χ0n) is 20.3. The maximum atomic E-state index is 13.1. The summed E-state index contributed by atoms with van der Waals surface area (Å²) in [6.45, 7) is 0.904. The molecular formula is C26H26F3N6O3+. The van der Waals surface area contributed by atoms with Gasteiger partial charge in [0.25, 0.3) is 5.91 Å². The Labute approximate surface area is 215 Å². The molecule has 4 rings (SSSR count). The Hall–Kier alpha value is -4.87. The topological polar surface area (TPSA) is 151 Å². The van der Waals surface area contributed by atoms with Gasteiger partial charge in [-0.1, -0.05) is 18.2 Å². The van der Waals surface area contributed by atoms with Crippen molar-refractivity contribution in [1.29, 1.82) is 5.41 Å². The maximum Gasteiger partial charge on any atom is 0.490 e. The van der Waals surface area contributed by atoms with E-state index >= 15 is 0 Å². The second-order valence-electron chi connectivity index (χ2n) is 8.41. The first-order chi connectivity index (χ1) is 17.8. The molecule has 0 spiro atoms.